The highest BCUT2D eigenvalue weighted by molar-refractivity contribution is 9.10. The number of ether oxygens (including phenoxy) is 1. The van der Waals surface area contributed by atoms with Gasteiger partial charge in [-0.2, -0.15) is 0 Å². The highest BCUT2D eigenvalue weighted by Gasteiger charge is 2.37. The molecule has 0 spiro atoms. The van der Waals surface area contributed by atoms with Crippen LogP contribution in [0.3, 0.4) is 0 Å². The molecule has 3 rings (SSSR count). The topological polar surface area (TPSA) is 46.6 Å². The van der Waals surface area contributed by atoms with Crippen LogP contribution in [0.5, 0.6) is 5.75 Å². The summed E-state index contributed by atoms with van der Waals surface area (Å²) in [6, 6.07) is 3.97. The minimum atomic E-state index is -0.236. The predicted octanol–water partition coefficient (Wildman–Crippen LogP) is 3.06. The van der Waals surface area contributed by atoms with Gasteiger partial charge >= 0.3 is 0 Å². The third-order valence-corrected chi connectivity index (χ3v) is 4.47. The van der Waals surface area contributed by atoms with Gasteiger partial charge in [0.25, 0.3) is 0 Å². The maximum atomic E-state index is 12.3. The van der Waals surface area contributed by atoms with Crippen molar-refractivity contribution in [3.63, 3.8) is 0 Å². The lowest BCUT2D eigenvalue weighted by molar-refractivity contribution is -0.153. The predicted molar refractivity (Wildman–Crippen MR) is 81.9 cm³/mol. The molecule has 21 heavy (non-hydrogen) atoms. The van der Waals surface area contributed by atoms with E-state index in [4.69, 9.17) is 4.74 Å². The van der Waals surface area contributed by atoms with Crippen LogP contribution < -0.4 is 4.74 Å². The van der Waals surface area contributed by atoms with E-state index in [0.29, 0.717) is 26.0 Å². The van der Waals surface area contributed by atoms with Crippen molar-refractivity contribution in [3.05, 3.63) is 27.7 Å². The average molecular weight is 352 g/mol. The molecule has 1 aromatic carbocycles. The maximum absolute atomic E-state index is 12.3. The number of carbonyl (C=O) groups is 2. The minimum absolute atomic E-state index is 0.0945. The molecule has 2 heterocycles. The second kappa shape index (κ2) is 5.13. The van der Waals surface area contributed by atoms with Gasteiger partial charge in [-0.25, -0.2) is 0 Å². The van der Waals surface area contributed by atoms with Gasteiger partial charge in [0.05, 0.1) is 13.2 Å². The number of likely N-dealkylation sites (tertiary alicyclic amines) is 1. The molecule has 5 heteroatoms. The van der Waals surface area contributed by atoms with E-state index in [9.17, 15) is 9.59 Å². The summed E-state index contributed by atoms with van der Waals surface area (Å²) < 4.78 is 6.62. The van der Waals surface area contributed by atoms with E-state index in [1.54, 1.807) is 0 Å². The zero-order valence-corrected chi connectivity index (χ0v) is 13.8. The number of imide groups is 1. The van der Waals surface area contributed by atoms with Crippen LogP contribution in [-0.2, 0) is 22.6 Å². The molecule has 0 aliphatic carbocycles. The van der Waals surface area contributed by atoms with Crippen molar-refractivity contribution in [3.8, 4) is 5.75 Å². The molecule has 2 amide bonds. The summed E-state index contributed by atoms with van der Waals surface area (Å²) in [5.74, 6) is 0.648. The Morgan fingerprint density at radius 3 is 2.57 bits per heavy atom. The van der Waals surface area contributed by atoms with Gasteiger partial charge in [0, 0.05) is 29.3 Å². The highest BCUT2D eigenvalue weighted by atomic mass is 79.9. The number of nitrogens with zero attached hydrogens (tertiary/aromatic N) is 1. The van der Waals surface area contributed by atoms with Crippen molar-refractivity contribution in [1.82, 2.24) is 4.90 Å². The van der Waals surface area contributed by atoms with Gasteiger partial charge in [0.2, 0.25) is 11.8 Å². The Labute approximate surface area is 132 Å². The third kappa shape index (κ3) is 2.84. The monoisotopic (exact) mass is 351 g/mol. The number of halogens is 1. The normalized spacial score (nSPS) is 20.4. The molecular formula is C16H18BrNO3. The first kappa shape index (κ1) is 14.6. The van der Waals surface area contributed by atoms with Gasteiger partial charge in [-0.3, -0.25) is 14.5 Å². The van der Waals surface area contributed by atoms with Crippen molar-refractivity contribution in [1.29, 1.82) is 0 Å². The van der Waals surface area contributed by atoms with Crippen LogP contribution in [0.15, 0.2) is 16.6 Å². The lowest BCUT2D eigenvalue weighted by Crippen LogP contribution is -2.45. The zero-order valence-electron chi connectivity index (χ0n) is 12.2. The van der Waals surface area contributed by atoms with E-state index in [-0.39, 0.29) is 17.2 Å². The fraction of sp³-hybridized carbons (Fsp3) is 0.500. The quantitative estimate of drug-likeness (QED) is 0.769. The number of hydrogen-bond donors (Lipinski definition) is 0. The molecule has 4 nitrogen and oxygen atoms in total. The highest BCUT2D eigenvalue weighted by Crippen LogP contribution is 2.36. The first-order chi connectivity index (χ1) is 9.85. The van der Waals surface area contributed by atoms with E-state index in [1.165, 1.54) is 4.90 Å². The van der Waals surface area contributed by atoms with Gasteiger partial charge in [-0.15, -0.1) is 0 Å². The fourth-order valence-electron chi connectivity index (χ4n) is 3.02. The summed E-state index contributed by atoms with van der Waals surface area (Å²) in [5.41, 5.74) is 1.80. The van der Waals surface area contributed by atoms with Crippen LogP contribution in [0, 0.1) is 5.41 Å². The van der Waals surface area contributed by atoms with Crippen molar-refractivity contribution in [2.24, 2.45) is 5.41 Å². The van der Waals surface area contributed by atoms with E-state index in [2.05, 4.69) is 15.9 Å². The lowest BCUT2D eigenvalue weighted by Gasteiger charge is -2.34. The maximum Gasteiger partial charge on any atom is 0.230 e. The molecule has 112 valence electrons. The summed E-state index contributed by atoms with van der Waals surface area (Å²) in [6.07, 6.45) is 1.70. The molecule has 0 saturated carbocycles. The molecule has 2 aliphatic heterocycles. The Morgan fingerprint density at radius 1 is 1.24 bits per heavy atom. The van der Waals surface area contributed by atoms with Gasteiger partial charge in [0.15, 0.2) is 0 Å². The van der Waals surface area contributed by atoms with Crippen LogP contribution in [0.2, 0.25) is 0 Å². The standard InChI is InChI=1S/C16H18BrNO3/c1-16(2)7-13(19)18(14(20)8-16)9-11-6-12(17)5-10-3-4-21-15(10)11/h5-6H,3-4,7-9H2,1-2H3. The molecule has 0 aromatic heterocycles. The number of piperidine rings is 1. The summed E-state index contributed by atoms with van der Waals surface area (Å²) in [6.45, 7) is 4.88. The molecule has 0 bridgehead atoms. The average Bonchev–Trinajstić information content (AvgIpc) is 2.80. The number of hydrogen-bond acceptors (Lipinski definition) is 3. The Bertz CT molecular complexity index is 604. The SMILES string of the molecule is CC1(C)CC(=O)N(Cc2cc(Br)cc3c2OCC3)C(=O)C1. The Kier molecular flexibility index (Phi) is 3.56. The molecule has 0 unspecified atom stereocenters. The zero-order chi connectivity index (χ0) is 15.2. The van der Waals surface area contributed by atoms with Gasteiger partial charge in [0.1, 0.15) is 5.75 Å². The number of fused-ring (bicyclic) bond motifs is 1. The number of amides is 2. The number of carbonyl (C=O) groups excluding carboxylic acids is 2. The molecule has 0 radical (unpaired) electrons. The first-order valence-corrected chi connectivity index (χ1v) is 7.92. The third-order valence-electron chi connectivity index (χ3n) is 4.02. The smallest absolute Gasteiger partial charge is 0.230 e. The van der Waals surface area contributed by atoms with Crippen LogP contribution in [0.1, 0.15) is 37.8 Å². The van der Waals surface area contributed by atoms with Crippen LogP contribution in [-0.4, -0.2) is 23.3 Å². The van der Waals surface area contributed by atoms with E-state index in [0.717, 1.165) is 27.8 Å². The molecule has 0 atom stereocenters. The Hall–Kier alpha value is -1.36. The van der Waals surface area contributed by atoms with Gasteiger partial charge in [-0.05, 0) is 23.1 Å². The lowest BCUT2D eigenvalue weighted by atomic mass is 9.81. The number of rotatable bonds is 2. The Balaban J connectivity index is 1.88. The first-order valence-electron chi connectivity index (χ1n) is 7.13. The van der Waals surface area contributed by atoms with Crippen LogP contribution in [0.25, 0.3) is 0 Å². The minimum Gasteiger partial charge on any atom is -0.493 e. The van der Waals surface area contributed by atoms with Crippen LogP contribution in [0.4, 0.5) is 0 Å². The van der Waals surface area contributed by atoms with E-state index >= 15 is 0 Å². The molecule has 1 fully saturated rings. The van der Waals surface area contributed by atoms with E-state index < -0.39 is 0 Å². The second-order valence-corrected chi connectivity index (χ2v) is 7.46. The molecule has 1 saturated heterocycles. The fourth-order valence-corrected chi connectivity index (χ4v) is 3.57. The van der Waals surface area contributed by atoms with E-state index in [1.807, 2.05) is 26.0 Å². The number of benzene rings is 1. The molecule has 2 aliphatic rings. The molecular weight excluding hydrogens is 334 g/mol. The summed E-state index contributed by atoms with van der Waals surface area (Å²) in [4.78, 5) is 25.9. The molecule has 1 aromatic rings. The van der Waals surface area contributed by atoms with Gasteiger partial charge < -0.3 is 4.74 Å². The summed E-state index contributed by atoms with van der Waals surface area (Å²) >= 11 is 3.48. The van der Waals surface area contributed by atoms with Gasteiger partial charge in [-0.1, -0.05) is 29.8 Å². The van der Waals surface area contributed by atoms with Crippen molar-refractivity contribution in [2.45, 2.75) is 39.7 Å². The largest absolute Gasteiger partial charge is 0.493 e. The Morgan fingerprint density at radius 2 is 1.90 bits per heavy atom. The summed E-state index contributed by atoms with van der Waals surface area (Å²) in [5, 5.41) is 0. The van der Waals surface area contributed by atoms with Crippen molar-refractivity contribution in [2.75, 3.05) is 6.61 Å². The second-order valence-electron chi connectivity index (χ2n) is 6.54. The van der Waals surface area contributed by atoms with Crippen molar-refractivity contribution >= 4 is 27.7 Å². The molecule has 0 N–H and O–H groups in total. The van der Waals surface area contributed by atoms with Crippen LogP contribution >= 0.6 is 15.9 Å². The van der Waals surface area contributed by atoms with Crippen molar-refractivity contribution < 1.29 is 14.3 Å². The summed E-state index contributed by atoms with van der Waals surface area (Å²) in [7, 11) is 0.